The van der Waals surface area contributed by atoms with E-state index in [-0.39, 0.29) is 18.1 Å². The average molecular weight is 306 g/mol. The van der Waals surface area contributed by atoms with Gasteiger partial charge in [-0.25, -0.2) is 4.79 Å². The second kappa shape index (κ2) is 6.02. The second-order valence-corrected chi connectivity index (χ2v) is 6.87. The van der Waals surface area contributed by atoms with E-state index >= 15 is 0 Å². The molecule has 1 heterocycles. The van der Waals surface area contributed by atoms with Gasteiger partial charge < -0.3 is 10.5 Å². The molecule has 0 unspecified atom stereocenters. The van der Waals surface area contributed by atoms with Crippen LogP contribution in [0.3, 0.4) is 0 Å². The Bertz CT molecular complexity index is 525. The Labute approximate surface area is 131 Å². The minimum Gasteiger partial charge on any atom is -0.444 e. The van der Waals surface area contributed by atoms with Crippen LogP contribution < -0.4 is 5.73 Å². The molecule has 1 saturated heterocycles. The highest BCUT2D eigenvalue weighted by atomic mass is 32.1. The van der Waals surface area contributed by atoms with Gasteiger partial charge in [-0.1, -0.05) is 42.5 Å². The Morgan fingerprint density at radius 2 is 1.95 bits per heavy atom. The van der Waals surface area contributed by atoms with Crippen molar-refractivity contribution in [1.82, 2.24) is 4.90 Å². The molecule has 2 rings (SSSR count). The minimum absolute atomic E-state index is 0.236. The van der Waals surface area contributed by atoms with E-state index < -0.39 is 5.60 Å². The molecule has 1 aromatic carbocycles. The first-order valence-corrected chi connectivity index (χ1v) is 7.52. The fourth-order valence-corrected chi connectivity index (χ4v) is 2.82. The lowest BCUT2D eigenvalue weighted by atomic mass is 9.96. The summed E-state index contributed by atoms with van der Waals surface area (Å²) < 4.78 is 5.46. The maximum absolute atomic E-state index is 12.3. The summed E-state index contributed by atoms with van der Waals surface area (Å²) in [6.07, 6.45) is 0.400. The van der Waals surface area contributed by atoms with E-state index in [0.717, 1.165) is 6.42 Å². The summed E-state index contributed by atoms with van der Waals surface area (Å²) in [5, 5.41) is 0. The predicted octanol–water partition coefficient (Wildman–Crippen LogP) is 3.07. The predicted molar refractivity (Wildman–Crippen MR) is 87.3 cm³/mol. The monoisotopic (exact) mass is 306 g/mol. The molecule has 5 heteroatoms. The van der Waals surface area contributed by atoms with Gasteiger partial charge in [-0.2, -0.15) is 0 Å². The van der Waals surface area contributed by atoms with Crippen LogP contribution in [-0.4, -0.2) is 34.2 Å². The molecule has 0 aliphatic carbocycles. The zero-order valence-electron chi connectivity index (χ0n) is 12.7. The molecule has 1 aliphatic heterocycles. The Morgan fingerprint density at radius 1 is 1.33 bits per heavy atom. The van der Waals surface area contributed by atoms with Crippen molar-refractivity contribution in [2.24, 2.45) is 5.73 Å². The smallest absolute Gasteiger partial charge is 0.410 e. The number of carbonyl (C=O) groups excluding carboxylic acids is 1. The van der Waals surface area contributed by atoms with Gasteiger partial charge in [0.2, 0.25) is 0 Å². The zero-order chi connectivity index (χ0) is 15.6. The maximum Gasteiger partial charge on any atom is 0.410 e. The van der Waals surface area contributed by atoms with Gasteiger partial charge in [-0.3, -0.25) is 4.90 Å². The second-order valence-electron chi connectivity index (χ2n) is 6.39. The van der Waals surface area contributed by atoms with Crippen molar-refractivity contribution >= 4 is 23.3 Å². The summed E-state index contributed by atoms with van der Waals surface area (Å²) >= 11 is 5.12. The quantitative estimate of drug-likeness (QED) is 0.853. The number of ether oxygens (including phenoxy) is 1. The highest BCUT2D eigenvalue weighted by Gasteiger charge is 2.39. The highest BCUT2D eigenvalue weighted by Crippen LogP contribution is 2.32. The number of hydrogen-bond donors (Lipinski definition) is 1. The van der Waals surface area contributed by atoms with Crippen molar-refractivity contribution in [1.29, 1.82) is 0 Å². The number of thiocarbonyl (C=S) groups is 1. The van der Waals surface area contributed by atoms with Crippen molar-refractivity contribution in [2.75, 3.05) is 6.54 Å². The van der Waals surface area contributed by atoms with Gasteiger partial charge in [0, 0.05) is 12.5 Å². The fourth-order valence-electron chi connectivity index (χ4n) is 2.59. The van der Waals surface area contributed by atoms with E-state index in [2.05, 4.69) is 12.1 Å². The van der Waals surface area contributed by atoms with E-state index in [9.17, 15) is 4.79 Å². The molecule has 0 bridgehead atoms. The molecule has 0 spiro atoms. The molecule has 1 aliphatic rings. The summed E-state index contributed by atoms with van der Waals surface area (Å²) in [6.45, 7) is 6.14. The molecular formula is C16H22N2O2S. The standard InChI is InChI=1S/C16H22N2O2S/c1-16(2,3)20-15(19)18-10-12(9-13(18)14(17)21)11-7-5-4-6-8-11/h4-8,12-13H,9-10H2,1-3H3,(H2,17,21)/t12-,13-/m0/s1. The summed E-state index contributed by atoms with van der Waals surface area (Å²) in [5.41, 5.74) is 6.49. The number of benzene rings is 1. The summed E-state index contributed by atoms with van der Waals surface area (Å²) in [5.74, 6) is 0.241. The van der Waals surface area contributed by atoms with Crippen molar-refractivity contribution in [3.05, 3.63) is 35.9 Å². The topological polar surface area (TPSA) is 55.6 Å². The first-order chi connectivity index (χ1) is 9.78. The van der Waals surface area contributed by atoms with Gasteiger partial charge in [-0.15, -0.1) is 0 Å². The minimum atomic E-state index is -0.525. The summed E-state index contributed by atoms with van der Waals surface area (Å²) in [6, 6.07) is 9.89. The lowest BCUT2D eigenvalue weighted by Gasteiger charge is -2.28. The largest absolute Gasteiger partial charge is 0.444 e. The van der Waals surface area contributed by atoms with Crippen LogP contribution in [0.25, 0.3) is 0 Å². The molecule has 2 N–H and O–H groups in total. The first kappa shape index (κ1) is 15.8. The molecule has 114 valence electrons. The first-order valence-electron chi connectivity index (χ1n) is 7.12. The van der Waals surface area contributed by atoms with Crippen LogP contribution in [-0.2, 0) is 4.74 Å². The van der Waals surface area contributed by atoms with Gasteiger partial charge in [0.05, 0.1) is 11.0 Å². The van der Waals surface area contributed by atoms with Crippen LogP contribution in [0.2, 0.25) is 0 Å². The van der Waals surface area contributed by atoms with E-state index in [1.165, 1.54) is 5.56 Å². The number of rotatable bonds is 2. The SMILES string of the molecule is CC(C)(C)OC(=O)N1C[C@@H](c2ccccc2)C[C@H]1C(N)=S. The van der Waals surface area contributed by atoms with Gasteiger partial charge in [0.15, 0.2) is 0 Å². The number of nitrogens with two attached hydrogens (primary N) is 1. The molecule has 21 heavy (non-hydrogen) atoms. The molecule has 0 radical (unpaired) electrons. The third-order valence-electron chi connectivity index (χ3n) is 3.53. The van der Waals surface area contributed by atoms with E-state index in [1.807, 2.05) is 39.0 Å². The summed E-state index contributed by atoms with van der Waals surface area (Å²) in [4.78, 5) is 14.3. The Kier molecular flexibility index (Phi) is 4.52. The molecule has 2 atom stereocenters. The maximum atomic E-state index is 12.3. The van der Waals surface area contributed by atoms with Crippen LogP contribution in [0.5, 0.6) is 0 Å². The van der Waals surface area contributed by atoms with Gasteiger partial charge in [0.1, 0.15) is 5.60 Å². The number of nitrogens with zero attached hydrogens (tertiary/aromatic N) is 1. The average Bonchev–Trinajstić information content (AvgIpc) is 2.83. The highest BCUT2D eigenvalue weighted by molar-refractivity contribution is 7.80. The number of likely N-dealkylation sites (tertiary alicyclic amines) is 1. The molecule has 0 aromatic heterocycles. The Morgan fingerprint density at radius 3 is 2.48 bits per heavy atom. The lowest BCUT2D eigenvalue weighted by molar-refractivity contribution is 0.0264. The van der Waals surface area contributed by atoms with Gasteiger partial charge in [0.25, 0.3) is 0 Å². The van der Waals surface area contributed by atoms with Crippen molar-refractivity contribution in [2.45, 2.75) is 44.8 Å². The zero-order valence-corrected chi connectivity index (χ0v) is 13.5. The fraction of sp³-hybridized carbons (Fsp3) is 0.500. The number of amides is 1. The van der Waals surface area contributed by atoms with Crippen molar-refractivity contribution in [3.63, 3.8) is 0 Å². The van der Waals surface area contributed by atoms with Gasteiger partial charge >= 0.3 is 6.09 Å². The van der Waals surface area contributed by atoms with Gasteiger partial charge in [-0.05, 0) is 32.8 Å². The van der Waals surface area contributed by atoms with Crippen molar-refractivity contribution in [3.8, 4) is 0 Å². The van der Waals surface area contributed by atoms with E-state index in [0.29, 0.717) is 11.5 Å². The van der Waals surface area contributed by atoms with Crippen LogP contribution in [0.1, 0.15) is 38.7 Å². The third kappa shape index (κ3) is 3.94. The van der Waals surface area contributed by atoms with Crippen molar-refractivity contribution < 1.29 is 9.53 Å². The van der Waals surface area contributed by atoms with Crippen LogP contribution in [0, 0.1) is 0 Å². The molecule has 0 saturated carbocycles. The van der Waals surface area contributed by atoms with E-state index in [4.69, 9.17) is 22.7 Å². The molecule has 1 aromatic rings. The molecular weight excluding hydrogens is 284 g/mol. The summed E-state index contributed by atoms with van der Waals surface area (Å²) in [7, 11) is 0. The van der Waals surface area contributed by atoms with Crippen LogP contribution >= 0.6 is 12.2 Å². The molecule has 1 amide bonds. The van der Waals surface area contributed by atoms with Crippen LogP contribution in [0.4, 0.5) is 4.79 Å². The molecule has 4 nitrogen and oxygen atoms in total. The lowest BCUT2D eigenvalue weighted by Crippen LogP contribution is -2.45. The normalized spacial score (nSPS) is 22.1. The molecule has 1 fully saturated rings. The number of carbonyl (C=O) groups is 1. The number of hydrogen-bond acceptors (Lipinski definition) is 3. The van der Waals surface area contributed by atoms with Crippen LogP contribution in [0.15, 0.2) is 30.3 Å². The Hall–Kier alpha value is -1.62. The van der Waals surface area contributed by atoms with E-state index in [1.54, 1.807) is 4.90 Å². The third-order valence-corrected chi connectivity index (χ3v) is 3.80. The Balaban J connectivity index is 2.16.